The second kappa shape index (κ2) is 5.10. The molecule has 2 fully saturated rings. The van der Waals surface area contributed by atoms with Crippen LogP contribution in [0.5, 0.6) is 0 Å². The highest BCUT2D eigenvalue weighted by Crippen LogP contribution is 2.31. The van der Waals surface area contributed by atoms with Crippen molar-refractivity contribution in [2.24, 2.45) is 5.92 Å². The molecule has 3 rings (SSSR count). The van der Waals surface area contributed by atoms with Gasteiger partial charge in [-0.2, -0.15) is 0 Å². The highest BCUT2D eigenvalue weighted by atomic mass is 15.2. The zero-order chi connectivity index (χ0) is 11.5. The fourth-order valence-corrected chi connectivity index (χ4v) is 2.64. The van der Waals surface area contributed by atoms with Crippen LogP contribution in [0, 0.1) is 5.92 Å². The van der Waals surface area contributed by atoms with Crippen LogP contribution in [0.15, 0.2) is 18.7 Å². The lowest BCUT2D eigenvalue weighted by Crippen LogP contribution is -2.27. The van der Waals surface area contributed by atoms with Crippen LogP contribution >= 0.6 is 0 Å². The molecular weight excluding hydrogens is 212 g/mol. The molecule has 1 atom stereocenters. The molecule has 0 radical (unpaired) electrons. The molecule has 1 saturated carbocycles. The summed E-state index contributed by atoms with van der Waals surface area (Å²) in [5, 5.41) is 3.52. The first-order valence-corrected chi connectivity index (χ1v) is 6.60. The number of rotatable bonds is 5. The van der Waals surface area contributed by atoms with Gasteiger partial charge in [-0.25, -0.2) is 9.97 Å². The van der Waals surface area contributed by atoms with E-state index in [0.29, 0.717) is 0 Å². The van der Waals surface area contributed by atoms with Crippen LogP contribution in [-0.4, -0.2) is 40.5 Å². The number of nitrogens with zero attached hydrogens (tertiary/aromatic N) is 3. The van der Waals surface area contributed by atoms with Gasteiger partial charge in [-0.1, -0.05) is 0 Å². The Morgan fingerprint density at radius 1 is 1.24 bits per heavy atom. The maximum atomic E-state index is 4.02. The summed E-state index contributed by atoms with van der Waals surface area (Å²) in [4.78, 5) is 10.7. The average molecular weight is 232 g/mol. The maximum Gasteiger partial charge on any atom is 0.115 e. The minimum Gasteiger partial charge on any atom is -0.312 e. The van der Waals surface area contributed by atoms with Crippen molar-refractivity contribution in [1.82, 2.24) is 20.2 Å². The Balaban J connectivity index is 1.37. The summed E-state index contributed by atoms with van der Waals surface area (Å²) in [6.07, 6.45) is 9.56. The van der Waals surface area contributed by atoms with E-state index >= 15 is 0 Å². The topological polar surface area (TPSA) is 41.1 Å². The van der Waals surface area contributed by atoms with Crippen molar-refractivity contribution in [2.75, 3.05) is 19.6 Å². The summed E-state index contributed by atoms with van der Waals surface area (Å²) in [6.45, 7) is 4.62. The van der Waals surface area contributed by atoms with Crippen molar-refractivity contribution in [1.29, 1.82) is 0 Å². The molecule has 1 aliphatic carbocycles. The number of hydrogen-bond acceptors (Lipinski definition) is 4. The lowest BCUT2D eigenvalue weighted by molar-refractivity contribution is 0.312. The molecule has 4 heteroatoms. The highest BCUT2D eigenvalue weighted by Gasteiger charge is 2.33. The lowest BCUT2D eigenvalue weighted by atomic mass is 10.1. The van der Waals surface area contributed by atoms with Gasteiger partial charge in [0.2, 0.25) is 0 Å². The van der Waals surface area contributed by atoms with Gasteiger partial charge in [0.15, 0.2) is 0 Å². The van der Waals surface area contributed by atoms with E-state index in [0.717, 1.165) is 25.0 Å². The van der Waals surface area contributed by atoms with Crippen molar-refractivity contribution in [2.45, 2.75) is 31.8 Å². The van der Waals surface area contributed by atoms with Gasteiger partial charge in [-0.15, -0.1) is 0 Å². The number of nitrogens with one attached hydrogen (secondary N) is 1. The molecule has 4 nitrogen and oxygen atoms in total. The summed E-state index contributed by atoms with van der Waals surface area (Å²) in [7, 11) is 0. The first-order chi connectivity index (χ1) is 8.42. The van der Waals surface area contributed by atoms with Crippen LogP contribution in [0.3, 0.4) is 0 Å². The van der Waals surface area contributed by atoms with Crippen molar-refractivity contribution in [3.63, 3.8) is 0 Å². The lowest BCUT2D eigenvalue weighted by Gasteiger charge is -2.15. The zero-order valence-corrected chi connectivity index (χ0v) is 10.2. The van der Waals surface area contributed by atoms with E-state index in [1.165, 1.54) is 37.9 Å². The Labute approximate surface area is 102 Å². The van der Waals surface area contributed by atoms with Gasteiger partial charge in [0.25, 0.3) is 0 Å². The van der Waals surface area contributed by atoms with E-state index in [4.69, 9.17) is 0 Å². The van der Waals surface area contributed by atoms with Crippen LogP contribution in [-0.2, 0) is 6.54 Å². The molecule has 1 aromatic rings. The van der Waals surface area contributed by atoms with Gasteiger partial charge in [0.1, 0.15) is 6.33 Å². The molecule has 1 aromatic heterocycles. The molecule has 1 unspecified atom stereocenters. The Morgan fingerprint density at radius 2 is 2.06 bits per heavy atom. The van der Waals surface area contributed by atoms with E-state index in [1.807, 2.05) is 12.4 Å². The molecule has 1 saturated heterocycles. The SMILES string of the molecule is c1ncc(CNCC2CCN(C3CC3)C2)cn1. The molecule has 17 heavy (non-hydrogen) atoms. The van der Waals surface area contributed by atoms with Gasteiger partial charge in [0.05, 0.1) is 0 Å². The van der Waals surface area contributed by atoms with Crippen LogP contribution in [0.2, 0.25) is 0 Å². The predicted octanol–water partition coefficient (Wildman–Crippen LogP) is 1.05. The summed E-state index contributed by atoms with van der Waals surface area (Å²) in [5.74, 6) is 0.834. The van der Waals surface area contributed by atoms with Crippen molar-refractivity contribution in [3.05, 3.63) is 24.3 Å². The van der Waals surface area contributed by atoms with E-state index in [2.05, 4.69) is 20.2 Å². The molecule has 0 aromatic carbocycles. The fourth-order valence-electron chi connectivity index (χ4n) is 2.64. The van der Waals surface area contributed by atoms with Gasteiger partial charge in [0, 0.05) is 37.1 Å². The van der Waals surface area contributed by atoms with Crippen LogP contribution in [0.1, 0.15) is 24.8 Å². The standard InChI is InChI=1S/C13H20N4/c1-2-13(1)17-4-3-11(9-17)5-14-6-12-7-15-10-16-8-12/h7-8,10-11,13-14H,1-6,9H2. The van der Waals surface area contributed by atoms with Gasteiger partial charge in [-0.05, 0) is 38.3 Å². The molecule has 1 aliphatic heterocycles. The first kappa shape index (κ1) is 11.1. The van der Waals surface area contributed by atoms with E-state index in [1.54, 1.807) is 6.33 Å². The zero-order valence-electron chi connectivity index (χ0n) is 10.2. The predicted molar refractivity (Wildman–Crippen MR) is 66.4 cm³/mol. The smallest absolute Gasteiger partial charge is 0.115 e. The summed E-state index contributed by atoms with van der Waals surface area (Å²) >= 11 is 0. The van der Waals surface area contributed by atoms with Crippen LogP contribution in [0.25, 0.3) is 0 Å². The third kappa shape index (κ3) is 3.01. The van der Waals surface area contributed by atoms with Crippen molar-refractivity contribution in [3.8, 4) is 0 Å². The summed E-state index contributed by atoms with van der Waals surface area (Å²) in [6, 6.07) is 0.933. The maximum absolute atomic E-state index is 4.02. The van der Waals surface area contributed by atoms with Gasteiger partial charge >= 0.3 is 0 Å². The fraction of sp³-hybridized carbons (Fsp3) is 0.692. The number of likely N-dealkylation sites (tertiary alicyclic amines) is 1. The number of aromatic nitrogens is 2. The van der Waals surface area contributed by atoms with Gasteiger partial charge < -0.3 is 10.2 Å². The molecular formula is C13H20N4. The van der Waals surface area contributed by atoms with Crippen LogP contribution in [0.4, 0.5) is 0 Å². The Hall–Kier alpha value is -1.00. The molecule has 0 bridgehead atoms. The highest BCUT2D eigenvalue weighted by molar-refractivity contribution is 5.01. The Kier molecular flexibility index (Phi) is 3.34. The molecule has 0 spiro atoms. The van der Waals surface area contributed by atoms with E-state index in [9.17, 15) is 0 Å². The second-order valence-electron chi connectivity index (χ2n) is 5.26. The minimum absolute atomic E-state index is 0.834. The molecule has 2 heterocycles. The average Bonchev–Trinajstić information content (AvgIpc) is 3.11. The molecule has 2 aliphatic rings. The molecule has 92 valence electrons. The largest absolute Gasteiger partial charge is 0.312 e. The third-order valence-corrected chi connectivity index (χ3v) is 3.76. The molecule has 1 N–H and O–H groups in total. The summed E-state index contributed by atoms with van der Waals surface area (Å²) < 4.78 is 0. The second-order valence-corrected chi connectivity index (χ2v) is 5.26. The Bertz CT molecular complexity index is 350. The van der Waals surface area contributed by atoms with Crippen LogP contribution < -0.4 is 5.32 Å². The quantitative estimate of drug-likeness (QED) is 0.824. The Morgan fingerprint density at radius 3 is 2.82 bits per heavy atom. The van der Waals surface area contributed by atoms with E-state index < -0.39 is 0 Å². The minimum atomic E-state index is 0.834. The van der Waals surface area contributed by atoms with Gasteiger partial charge in [-0.3, -0.25) is 0 Å². The number of hydrogen-bond donors (Lipinski definition) is 1. The normalized spacial score (nSPS) is 25.3. The van der Waals surface area contributed by atoms with Crippen molar-refractivity contribution >= 4 is 0 Å². The summed E-state index contributed by atoms with van der Waals surface area (Å²) in [5.41, 5.74) is 1.17. The van der Waals surface area contributed by atoms with Crippen molar-refractivity contribution < 1.29 is 0 Å². The third-order valence-electron chi connectivity index (χ3n) is 3.76. The monoisotopic (exact) mass is 232 g/mol. The first-order valence-electron chi connectivity index (χ1n) is 6.60. The molecule has 0 amide bonds. The van der Waals surface area contributed by atoms with E-state index in [-0.39, 0.29) is 0 Å².